The lowest BCUT2D eigenvalue weighted by Crippen LogP contribution is -2.54. The minimum atomic E-state index is -0.447. The van der Waals surface area contributed by atoms with Gasteiger partial charge in [-0.25, -0.2) is 0 Å². The zero-order valence-electron chi connectivity index (χ0n) is 15.8. The van der Waals surface area contributed by atoms with Crippen molar-refractivity contribution in [2.24, 2.45) is 11.8 Å². The predicted octanol–water partition coefficient (Wildman–Crippen LogP) is 4.51. The van der Waals surface area contributed by atoms with E-state index in [2.05, 4.69) is 42.7 Å². The van der Waals surface area contributed by atoms with Crippen LogP contribution in [0.2, 0.25) is 0 Å². The third kappa shape index (κ3) is 3.19. The Labute approximate surface area is 156 Å². The summed E-state index contributed by atoms with van der Waals surface area (Å²) in [5.74, 6) is 1.26. The predicted molar refractivity (Wildman–Crippen MR) is 107 cm³/mol. The van der Waals surface area contributed by atoms with Crippen molar-refractivity contribution in [3.63, 3.8) is 0 Å². The molecule has 1 aromatic carbocycles. The molecule has 3 nitrogen and oxygen atoms in total. The quantitative estimate of drug-likeness (QED) is 0.779. The van der Waals surface area contributed by atoms with Gasteiger partial charge in [0, 0.05) is 23.7 Å². The number of hydrogen-bond donors (Lipinski definition) is 1. The molecule has 2 aromatic rings. The summed E-state index contributed by atoms with van der Waals surface area (Å²) < 4.78 is 0. The number of rotatable bonds is 6. The molecule has 138 valence electrons. The first-order chi connectivity index (χ1) is 12.7. The van der Waals surface area contributed by atoms with Gasteiger partial charge in [-0.1, -0.05) is 37.6 Å². The highest BCUT2D eigenvalue weighted by Crippen LogP contribution is 2.42. The fraction of sp³-hybridized carbons (Fsp3) is 0.522. The number of piperidine rings is 3. The number of unbranched alkanes of at least 4 members (excludes halogenated alkanes) is 1. The molecule has 3 saturated heterocycles. The summed E-state index contributed by atoms with van der Waals surface area (Å²) in [6.45, 7) is 8.36. The molecule has 3 fully saturated rings. The van der Waals surface area contributed by atoms with E-state index in [0.29, 0.717) is 11.8 Å². The number of pyridine rings is 1. The van der Waals surface area contributed by atoms with Crippen LogP contribution in [-0.2, 0) is 6.42 Å². The Bertz CT molecular complexity index is 787. The average Bonchev–Trinajstić information content (AvgIpc) is 2.71. The summed E-state index contributed by atoms with van der Waals surface area (Å²) in [5, 5.41) is 12.5. The molecule has 0 amide bonds. The van der Waals surface area contributed by atoms with Crippen molar-refractivity contribution in [1.82, 2.24) is 9.88 Å². The largest absolute Gasteiger partial charge is 0.387 e. The van der Waals surface area contributed by atoms with Gasteiger partial charge >= 0.3 is 0 Å². The van der Waals surface area contributed by atoms with E-state index in [1.165, 1.54) is 6.42 Å². The average molecular weight is 351 g/mol. The summed E-state index contributed by atoms with van der Waals surface area (Å²) in [5.41, 5.74) is 3.18. The summed E-state index contributed by atoms with van der Waals surface area (Å²) in [7, 11) is 0. The number of aliphatic hydroxyl groups is 1. The van der Waals surface area contributed by atoms with Gasteiger partial charge in [0.2, 0.25) is 0 Å². The van der Waals surface area contributed by atoms with E-state index < -0.39 is 6.10 Å². The number of aliphatic hydroxyl groups excluding tert-OH is 1. The highest BCUT2D eigenvalue weighted by Gasteiger charge is 2.42. The van der Waals surface area contributed by atoms with E-state index in [-0.39, 0.29) is 6.04 Å². The smallest absolute Gasteiger partial charge is 0.0952 e. The second-order valence-electron chi connectivity index (χ2n) is 8.01. The lowest BCUT2D eigenvalue weighted by atomic mass is 9.73. The highest BCUT2D eigenvalue weighted by atomic mass is 16.3. The normalized spacial score (nSPS) is 29.0. The molecule has 0 aliphatic carbocycles. The van der Waals surface area contributed by atoms with E-state index in [1.54, 1.807) is 0 Å². The lowest BCUT2D eigenvalue weighted by molar-refractivity contribution is -0.0445. The van der Waals surface area contributed by atoms with Crippen LogP contribution >= 0.6 is 0 Å². The molecular weight excluding hydrogens is 320 g/mol. The molecule has 3 aliphatic rings. The third-order valence-corrected chi connectivity index (χ3v) is 6.42. The van der Waals surface area contributed by atoms with Crippen LogP contribution in [0.25, 0.3) is 10.9 Å². The molecule has 1 N–H and O–H groups in total. The van der Waals surface area contributed by atoms with Gasteiger partial charge in [-0.2, -0.15) is 0 Å². The molecule has 3 aliphatic heterocycles. The van der Waals surface area contributed by atoms with Crippen LogP contribution in [0.4, 0.5) is 0 Å². The van der Waals surface area contributed by atoms with E-state index in [4.69, 9.17) is 4.98 Å². The van der Waals surface area contributed by atoms with Gasteiger partial charge in [0.05, 0.1) is 11.6 Å². The van der Waals surface area contributed by atoms with Crippen molar-refractivity contribution in [2.45, 2.75) is 51.2 Å². The number of fused-ring (bicyclic) bond motifs is 4. The Morgan fingerprint density at radius 2 is 2.23 bits per heavy atom. The second kappa shape index (κ2) is 7.50. The van der Waals surface area contributed by atoms with E-state index in [1.807, 2.05) is 12.1 Å². The zero-order valence-corrected chi connectivity index (χ0v) is 15.8. The second-order valence-corrected chi connectivity index (χ2v) is 8.01. The maximum Gasteiger partial charge on any atom is 0.0952 e. The molecule has 0 spiro atoms. The van der Waals surface area contributed by atoms with Crippen LogP contribution in [0.15, 0.2) is 43.0 Å². The topological polar surface area (TPSA) is 36.4 Å². The van der Waals surface area contributed by atoms with Crippen LogP contribution in [0.1, 0.15) is 50.0 Å². The Morgan fingerprint density at radius 1 is 1.38 bits per heavy atom. The minimum Gasteiger partial charge on any atom is -0.387 e. The van der Waals surface area contributed by atoms with Crippen molar-refractivity contribution in [3.8, 4) is 0 Å². The molecular formula is C23H30N2O. The Morgan fingerprint density at radius 3 is 2.96 bits per heavy atom. The van der Waals surface area contributed by atoms with Gasteiger partial charge in [0.1, 0.15) is 0 Å². The first kappa shape index (κ1) is 17.7. The van der Waals surface area contributed by atoms with Crippen LogP contribution < -0.4 is 0 Å². The minimum absolute atomic E-state index is 0.217. The monoisotopic (exact) mass is 350 g/mol. The molecule has 26 heavy (non-hydrogen) atoms. The third-order valence-electron chi connectivity index (χ3n) is 6.42. The first-order valence-electron chi connectivity index (χ1n) is 10.1. The van der Waals surface area contributed by atoms with Crippen molar-refractivity contribution < 1.29 is 5.11 Å². The van der Waals surface area contributed by atoms with Gasteiger partial charge in [0.15, 0.2) is 0 Å². The van der Waals surface area contributed by atoms with Crippen molar-refractivity contribution in [2.75, 3.05) is 13.1 Å². The summed E-state index contributed by atoms with van der Waals surface area (Å²) in [6, 6.07) is 10.6. The lowest BCUT2D eigenvalue weighted by Gasteiger charge is -2.50. The molecule has 1 unspecified atom stereocenters. The maximum absolute atomic E-state index is 11.4. The van der Waals surface area contributed by atoms with E-state index in [9.17, 15) is 5.11 Å². The fourth-order valence-corrected chi connectivity index (χ4v) is 4.90. The Hall–Kier alpha value is -1.71. The van der Waals surface area contributed by atoms with Crippen LogP contribution in [0, 0.1) is 11.8 Å². The SMILES string of the molecule is C=C[C@H]1CN2CC[C@H]1C[C@H]2[C@H](O)c1cc(CCCC)nc2ccccc12. The molecule has 3 heteroatoms. The van der Waals surface area contributed by atoms with Gasteiger partial charge < -0.3 is 5.11 Å². The number of benzene rings is 1. The van der Waals surface area contributed by atoms with Crippen LogP contribution in [0.5, 0.6) is 0 Å². The van der Waals surface area contributed by atoms with Gasteiger partial charge in [-0.15, -0.1) is 6.58 Å². The fourth-order valence-electron chi connectivity index (χ4n) is 4.90. The Balaban J connectivity index is 1.68. The molecule has 5 rings (SSSR count). The molecule has 0 radical (unpaired) electrons. The van der Waals surface area contributed by atoms with Crippen LogP contribution in [-0.4, -0.2) is 34.1 Å². The molecule has 5 atom stereocenters. The number of aryl methyl sites for hydroxylation is 1. The van der Waals surface area contributed by atoms with E-state index in [0.717, 1.165) is 60.9 Å². The van der Waals surface area contributed by atoms with Crippen molar-refractivity contribution in [3.05, 3.63) is 54.2 Å². The number of para-hydroxylation sites is 1. The summed E-state index contributed by atoms with van der Waals surface area (Å²) in [4.78, 5) is 7.32. The standard InChI is InChI=1S/C23H30N2O/c1-3-5-8-18-14-20(19-9-6-7-10-21(19)24-18)23(26)22-13-17-11-12-25(22)15-16(17)4-2/h4,6-7,9-10,14,16-17,22-23,26H,2-3,5,8,11-13,15H2,1H3/t16-,17-,22-,23+/m0/s1. The summed E-state index contributed by atoms with van der Waals surface area (Å²) in [6.07, 6.45) is 7.25. The Kier molecular flexibility index (Phi) is 5.10. The number of nitrogens with zero attached hydrogens (tertiary/aromatic N) is 2. The molecule has 1 aromatic heterocycles. The number of aromatic nitrogens is 1. The van der Waals surface area contributed by atoms with Gasteiger partial charge in [0.25, 0.3) is 0 Å². The van der Waals surface area contributed by atoms with E-state index >= 15 is 0 Å². The molecule has 4 heterocycles. The van der Waals surface area contributed by atoms with Crippen molar-refractivity contribution >= 4 is 10.9 Å². The number of hydrogen-bond acceptors (Lipinski definition) is 3. The van der Waals surface area contributed by atoms with Gasteiger partial charge in [-0.05, 0) is 61.8 Å². The first-order valence-corrected chi connectivity index (χ1v) is 10.1. The summed E-state index contributed by atoms with van der Waals surface area (Å²) >= 11 is 0. The van der Waals surface area contributed by atoms with Gasteiger partial charge in [-0.3, -0.25) is 9.88 Å². The van der Waals surface area contributed by atoms with Crippen LogP contribution in [0.3, 0.4) is 0 Å². The maximum atomic E-state index is 11.4. The molecule has 2 bridgehead atoms. The van der Waals surface area contributed by atoms with Crippen molar-refractivity contribution in [1.29, 1.82) is 0 Å². The molecule has 0 saturated carbocycles. The highest BCUT2D eigenvalue weighted by molar-refractivity contribution is 5.82. The zero-order chi connectivity index (χ0) is 18.1.